The van der Waals surface area contributed by atoms with Crippen LogP contribution in [-0.4, -0.2) is 99.3 Å². The Balaban J connectivity index is 0.848. The minimum Gasteiger partial charge on any atom is -0.393 e. The number of benzene rings is 2. The number of Topliss-reactive ketones (excluding diaryl/α,β-unsaturated/α-hetero) is 1. The van der Waals surface area contributed by atoms with E-state index in [1.54, 1.807) is 24.3 Å². The molecule has 15 nitrogen and oxygen atoms in total. The standard InChI is InChI=1S/C47H52N4O11S/c1-25(48-38(56)18-20-51-39(57)15-16-40(51)58)42(59)49-26(2)43(60)50-29-8-12-32(13-9-29)63-31-10-5-27(6-11-31)44-61-37-22-34-33-14-7-28-21-30(53)17-19-45(28,3)41(33)35(54)23-46(34,4)47(37,62-44)36(55)24-52/h5-6,8-13,15-17,19,21,25-26,33-35,37,41,44,52,54H,7,14,18,20,22-24H2,1-4H3,(H,48,56)(H,49,59)(H,50,60)/t25-,26-,33-,34?,35-,37+,41?,44-,45-,46-,47+/m0/s1. The number of hydrogen-bond donors (Lipinski definition) is 5. The van der Waals surface area contributed by atoms with Crippen LogP contribution in [0.1, 0.15) is 71.7 Å². The van der Waals surface area contributed by atoms with Crippen LogP contribution in [0.15, 0.2) is 94.3 Å². The van der Waals surface area contributed by atoms with Crippen molar-refractivity contribution in [1.82, 2.24) is 15.5 Å². The van der Waals surface area contributed by atoms with Crippen molar-refractivity contribution >= 4 is 58.6 Å². The zero-order valence-electron chi connectivity index (χ0n) is 35.5. The SMILES string of the molecule is C[C@H](NC(=O)CCN1C(=O)C=CC1=O)C(=O)N[C@@H](C)C(=O)Nc1ccc(Sc2ccc([C@H]3O[C@@H]4CC5[C@@H]6CCC7=CC(=O)C=C[C@]7(C)C6[C@@H](O)C[C@]5(C)[C@]4(C(=O)CO)O3)cc2)cc1. The molecule has 0 radical (unpaired) electrons. The second-order valence-electron chi connectivity index (χ2n) is 18.0. The summed E-state index contributed by atoms with van der Waals surface area (Å²) in [6.07, 6.45) is 7.48. The Bertz CT molecular complexity index is 2310. The van der Waals surface area contributed by atoms with E-state index in [-0.39, 0.29) is 36.5 Å². The van der Waals surface area contributed by atoms with Crippen molar-refractivity contribution in [2.45, 2.75) is 106 Å². The Morgan fingerprint density at radius 1 is 0.905 bits per heavy atom. The molecule has 4 aliphatic carbocycles. The van der Waals surface area contributed by atoms with Crippen LogP contribution in [0.2, 0.25) is 0 Å². The molecule has 6 aliphatic rings. The maximum Gasteiger partial charge on any atom is 0.253 e. The quantitative estimate of drug-likeness (QED) is 0.182. The first-order chi connectivity index (χ1) is 30.0. The molecule has 2 aromatic carbocycles. The van der Waals surface area contributed by atoms with Gasteiger partial charge in [0.15, 0.2) is 23.5 Å². The lowest BCUT2D eigenvalue weighted by Gasteiger charge is -2.59. The Hall–Kier alpha value is -5.26. The fraction of sp³-hybridized carbons (Fsp3) is 0.468. The van der Waals surface area contributed by atoms with Crippen LogP contribution in [0.4, 0.5) is 5.69 Å². The number of hydrogen-bond acceptors (Lipinski definition) is 12. The predicted octanol–water partition coefficient (Wildman–Crippen LogP) is 3.70. The molecule has 3 saturated carbocycles. The molecule has 8 rings (SSSR count). The molecule has 0 aromatic heterocycles. The molecular formula is C47H52N4O11S. The highest BCUT2D eigenvalue weighted by Crippen LogP contribution is 2.70. The molecule has 4 fully saturated rings. The van der Waals surface area contributed by atoms with Crippen LogP contribution in [0.3, 0.4) is 0 Å². The molecule has 63 heavy (non-hydrogen) atoms. The van der Waals surface area contributed by atoms with Gasteiger partial charge in [-0.15, -0.1) is 0 Å². The fourth-order valence-electron chi connectivity index (χ4n) is 11.2. The lowest BCUT2D eigenvalue weighted by atomic mass is 9.46. The fourth-order valence-corrected chi connectivity index (χ4v) is 12.0. The number of aliphatic hydroxyl groups is 2. The van der Waals surface area contributed by atoms with Gasteiger partial charge >= 0.3 is 0 Å². The Labute approximate surface area is 369 Å². The van der Waals surface area contributed by atoms with Gasteiger partial charge in [0, 0.05) is 62.9 Å². The molecular weight excluding hydrogens is 829 g/mol. The van der Waals surface area contributed by atoms with Crippen molar-refractivity contribution in [3.05, 3.63) is 90.0 Å². The predicted molar refractivity (Wildman–Crippen MR) is 228 cm³/mol. The first-order valence-corrected chi connectivity index (χ1v) is 22.2. The summed E-state index contributed by atoms with van der Waals surface area (Å²) in [7, 11) is 0. The number of rotatable bonds is 13. The number of nitrogens with one attached hydrogen (secondary N) is 3. The van der Waals surface area contributed by atoms with Crippen molar-refractivity contribution < 1.29 is 53.2 Å². The van der Waals surface area contributed by atoms with E-state index in [0.717, 1.165) is 45.3 Å². The number of amides is 5. The van der Waals surface area contributed by atoms with Crippen LogP contribution in [0.5, 0.6) is 0 Å². The number of imide groups is 1. The van der Waals surface area contributed by atoms with Gasteiger partial charge in [-0.2, -0.15) is 0 Å². The average Bonchev–Trinajstić information content (AvgIpc) is 3.88. The highest BCUT2D eigenvalue weighted by atomic mass is 32.2. The van der Waals surface area contributed by atoms with Crippen LogP contribution >= 0.6 is 11.8 Å². The van der Waals surface area contributed by atoms with Gasteiger partial charge in [0.1, 0.15) is 18.7 Å². The van der Waals surface area contributed by atoms with Crippen LogP contribution in [-0.2, 0) is 43.0 Å². The number of ether oxygens (including phenoxy) is 2. The molecule has 16 heteroatoms. The third-order valence-corrected chi connectivity index (χ3v) is 15.3. The second kappa shape index (κ2) is 17.0. The largest absolute Gasteiger partial charge is 0.393 e. The highest BCUT2D eigenvalue weighted by Gasteiger charge is 2.76. The maximum absolute atomic E-state index is 13.9. The topological polar surface area (TPSA) is 218 Å². The minimum atomic E-state index is -1.44. The number of allylic oxidation sites excluding steroid dienone is 4. The number of ketones is 2. The monoisotopic (exact) mass is 880 g/mol. The number of carbonyl (C=O) groups is 7. The van der Waals surface area contributed by atoms with Gasteiger partial charge in [-0.25, -0.2) is 0 Å². The normalized spacial score (nSPS) is 32.5. The van der Waals surface area contributed by atoms with Gasteiger partial charge in [-0.3, -0.25) is 38.5 Å². The van der Waals surface area contributed by atoms with E-state index in [4.69, 9.17) is 9.47 Å². The summed E-state index contributed by atoms with van der Waals surface area (Å²) in [6, 6.07) is 12.9. The van der Waals surface area contributed by atoms with Crippen molar-refractivity contribution in [3.8, 4) is 0 Å². The van der Waals surface area contributed by atoms with Gasteiger partial charge in [0.25, 0.3) is 11.8 Å². The molecule has 2 aromatic rings. The number of nitrogens with zero attached hydrogens (tertiary/aromatic N) is 1. The third-order valence-electron chi connectivity index (χ3n) is 14.3. The molecule has 1 saturated heterocycles. The van der Waals surface area contributed by atoms with E-state index < -0.39 is 88.9 Å². The number of fused-ring (bicyclic) bond motifs is 7. The zero-order chi connectivity index (χ0) is 45.0. The van der Waals surface area contributed by atoms with Gasteiger partial charge in [0.05, 0.1) is 12.2 Å². The molecule has 0 bridgehead atoms. The molecule has 5 N–H and O–H groups in total. The minimum absolute atomic E-state index is 0.00536. The summed E-state index contributed by atoms with van der Waals surface area (Å²) in [5.74, 6) is -3.13. The summed E-state index contributed by atoms with van der Waals surface area (Å²) >= 11 is 1.49. The van der Waals surface area contributed by atoms with Crippen LogP contribution in [0, 0.1) is 28.6 Å². The van der Waals surface area contributed by atoms with Crippen molar-refractivity contribution in [1.29, 1.82) is 0 Å². The third kappa shape index (κ3) is 7.90. The Kier molecular flexibility index (Phi) is 12.0. The smallest absolute Gasteiger partial charge is 0.253 e. The van der Waals surface area contributed by atoms with E-state index in [1.807, 2.05) is 49.4 Å². The molecule has 2 unspecified atom stereocenters. The molecule has 332 valence electrons. The van der Waals surface area contributed by atoms with E-state index in [1.165, 1.54) is 25.6 Å². The number of aliphatic hydroxyl groups excluding tert-OH is 2. The summed E-state index contributed by atoms with van der Waals surface area (Å²) in [6.45, 7) is 6.27. The second-order valence-corrected chi connectivity index (χ2v) is 19.1. The Morgan fingerprint density at radius 2 is 1.56 bits per heavy atom. The molecule has 0 spiro atoms. The molecule has 11 atom stereocenters. The van der Waals surface area contributed by atoms with Crippen molar-refractivity contribution in [2.24, 2.45) is 28.6 Å². The van der Waals surface area contributed by atoms with Crippen LogP contribution < -0.4 is 16.0 Å². The Morgan fingerprint density at radius 3 is 2.22 bits per heavy atom. The lowest BCUT2D eigenvalue weighted by molar-refractivity contribution is -0.201. The molecule has 2 heterocycles. The van der Waals surface area contributed by atoms with E-state index in [0.29, 0.717) is 24.1 Å². The van der Waals surface area contributed by atoms with E-state index >= 15 is 0 Å². The van der Waals surface area contributed by atoms with Gasteiger partial charge < -0.3 is 35.6 Å². The first kappa shape index (κ1) is 44.4. The lowest BCUT2D eigenvalue weighted by Crippen LogP contribution is -2.63. The maximum atomic E-state index is 13.9. The van der Waals surface area contributed by atoms with Gasteiger partial charge in [0.2, 0.25) is 17.7 Å². The summed E-state index contributed by atoms with van der Waals surface area (Å²) in [4.78, 5) is 90.2. The zero-order valence-corrected chi connectivity index (χ0v) is 36.3. The molecule has 5 amide bonds. The first-order valence-electron chi connectivity index (χ1n) is 21.4. The van der Waals surface area contributed by atoms with E-state index in [9.17, 15) is 43.8 Å². The summed E-state index contributed by atoms with van der Waals surface area (Å²) < 4.78 is 13.3. The highest BCUT2D eigenvalue weighted by molar-refractivity contribution is 7.99. The average molecular weight is 881 g/mol. The van der Waals surface area contributed by atoms with Gasteiger partial charge in [-0.1, -0.05) is 49.4 Å². The number of anilines is 1. The summed E-state index contributed by atoms with van der Waals surface area (Å²) in [5.41, 5.74) is -0.433. The van der Waals surface area contributed by atoms with Crippen molar-refractivity contribution in [3.63, 3.8) is 0 Å². The summed E-state index contributed by atoms with van der Waals surface area (Å²) in [5, 5.41) is 30.1. The number of carbonyl (C=O) groups excluding carboxylic acids is 7. The van der Waals surface area contributed by atoms with Crippen molar-refractivity contribution in [2.75, 3.05) is 18.5 Å². The molecule has 2 aliphatic heterocycles. The van der Waals surface area contributed by atoms with Gasteiger partial charge in [-0.05, 0) is 99.9 Å². The van der Waals surface area contributed by atoms with E-state index in [2.05, 4.69) is 22.9 Å². The van der Waals surface area contributed by atoms with Crippen LogP contribution in [0.25, 0.3) is 0 Å².